The molecule has 23 heavy (non-hydrogen) atoms. The van der Waals surface area contributed by atoms with Crippen LogP contribution in [-0.4, -0.2) is 35.0 Å². The quantitative estimate of drug-likeness (QED) is 0.870. The predicted molar refractivity (Wildman–Crippen MR) is 89.6 cm³/mol. The summed E-state index contributed by atoms with van der Waals surface area (Å²) >= 11 is 0. The molecule has 2 heterocycles. The molecule has 1 aliphatic rings. The van der Waals surface area contributed by atoms with Crippen LogP contribution in [0.25, 0.3) is 0 Å². The first-order valence-corrected chi connectivity index (χ1v) is 8.21. The van der Waals surface area contributed by atoms with E-state index in [0.717, 1.165) is 38.1 Å². The van der Waals surface area contributed by atoms with Gasteiger partial charge in [-0.15, -0.1) is 0 Å². The van der Waals surface area contributed by atoms with Gasteiger partial charge in [-0.05, 0) is 36.2 Å². The van der Waals surface area contributed by atoms with Crippen molar-refractivity contribution in [2.75, 3.05) is 13.1 Å². The van der Waals surface area contributed by atoms with Gasteiger partial charge in [0.25, 0.3) is 5.91 Å². The first-order chi connectivity index (χ1) is 11.3. The molecule has 1 aliphatic heterocycles. The molecule has 0 bridgehead atoms. The highest BCUT2D eigenvalue weighted by atomic mass is 16.5. The number of hydrogen-bond acceptors (Lipinski definition) is 3. The van der Waals surface area contributed by atoms with E-state index in [-0.39, 0.29) is 12.0 Å². The second-order valence-electron chi connectivity index (χ2n) is 5.85. The van der Waals surface area contributed by atoms with Crippen LogP contribution in [0.15, 0.2) is 48.8 Å². The summed E-state index contributed by atoms with van der Waals surface area (Å²) in [7, 11) is 0. The van der Waals surface area contributed by atoms with E-state index < -0.39 is 0 Å². The monoisotopic (exact) mass is 310 g/mol. The van der Waals surface area contributed by atoms with Crippen molar-refractivity contribution in [1.29, 1.82) is 0 Å². The van der Waals surface area contributed by atoms with Gasteiger partial charge >= 0.3 is 0 Å². The van der Waals surface area contributed by atoms with E-state index >= 15 is 0 Å². The fraction of sp³-hybridized carbons (Fsp3) is 0.368. The number of aryl methyl sites for hydroxylation is 1. The largest absolute Gasteiger partial charge is 0.490 e. The zero-order valence-electron chi connectivity index (χ0n) is 13.4. The number of hydrogen-bond donors (Lipinski definition) is 0. The fourth-order valence-electron chi connectivity index (χ4n) is 2.88. The van der Waals surface area contributed by atoms with Crippen LogP contribution < -0.4 is 4.74 Å². The van der Waals surface area contributed by atoms with Crippen LogP contribution in [0.3, 0.4) is 0 Å². The molecule has 1 aromatic heterocycles. The molecule has 120 valence electrons. The number of rotatable bonds is 4. The van der Waals surface area contributed by atoms with Gasteiger partial charge in [-0.25, -0.2) is 0 Å². The Balaban J connectivity index is 1.55. The van der Waals surface area contributed by atoms with Crippen molar-refractivity contribution in [1.82, 2.24) is 9.88 Å². The van der Waals surface area contributed by atoms with E-state index in [1.807, 2.05) is 17.0 Å². The minimum absolute atomic E-state index is 0.0823. The molecule has 2 aromatic rings. The van der Waals surface area contributed by atoms with Crippen LogP contribution in [0.1, 0.15) is 35.7 Å². The summed E-state index contributed by atoms with van der Waals surface area (Å²) < 4.78 is 6.08. The molecule has 1 fully saturated rings. The smallest absolute Gasteiger partial charge is 0.253 e. The number of pyridine rings is 1. The highest BCUT2D eigenvalue weighted by molar-refractivity contribution is 5.94. The highest BCUT2D eigenvalue weighted by Gasteiger charge is 2.24. The Morgan fingerprint density at radius 3 is 2.65 bits per heavy atom. The minimum atomic E-state index is 0.0823. The lowest BCUT2D eigenvalue weighted by molar-refractivity contribution is 0.0595. The third-order valence-electron chi connectivity index (χ3n) is 4.27. The number of carbonyl (C=O) groups excluding carboxylic acids is 1. The Hall–Kier alpha value is -2.36. The first kappa shape index (κ1) is 15.5. The number of benzene rings is 1. The summed E-state index contributed by atoms with van der Waals surface area (Å²) in [5.41, 5.74) is 1.99. The molecule has 1 saturated heterocycles. The average Bonchev–Trinajstić information content (AvgIpc) is 2.63. The Labute approximate surface area is 137 Å². The van der Waals surface area contributed by atoms with Gasteiger partial charge in [0.2, 0.25) is 0 Å². The Kier molecular flexibility index (Phi) is 4.91. The molecule has 0 atom stereocenters. The maximum Gasteiger partial charge on any atom is 0.253 e. The van der Waals surface area contributed by atoms with Crippen molar-refractivity contribution in [3.8, 4) is 5.75 Å². The van der Waals surface area contributed by atoms with E-state index in [1.165, 1.54) is 5.56 Å². The summed E-state index contributed by atoms with van der Waals surface area (Å²) in [4.78, 5) is 18.3. The van der Waals surface area contributed by atoms with Gasteiger partial charge in [-0.2, -0.15) is 0 Å². The van der Waals surface area contributed by atoms with Gasteiger partial charge in [0.05, 0.1) is 0 Å². The zero-order chi connectivity index (χ0) is 16.1. The summed E-state index contributed by atoms with van der Waals surface area (Å²) in [5.74, 6) is 1.02. The Morgan fingerprint density at radius 2 is 1.96 bits per heavy atom. The number of ether oxygens (including phenoxy) is 1. The van der Waals surface area contributed by atoms with Gasteiger partial charge in [0, 0.05) is 43.9 Å². The van der Waals surface area contributed by atoms with Gasteiger partial charge in [0.1, 0.15) is 11.9 Å². The summed E-state index contributed by atoms with van der Waals surface area (Å²) in [5, 5.41) is 0. The molecule has 1 aromatic carbocycles. The lowest BCUT2D eigenvalue weighted by Gasteiger charge is -2.32. The van der Waals surface area contributed by atoms with Crippen molar-refractivity contribution >= 4 is 5.91 Å². The number of aromatic nitrogens is 1. The lowest BCUT2D eigenvalue weighted by Crippen LogP contribution is -2.41. The Morgan fingerprint density at radius 1 is 1.22 bits per heavy atom. The van der Waals surface area contributed by atoms with E-state index in [1.54, 1.807) is 24.5 Å². The molecule has 0 saturated carbocycles. The van der Waals surface area contributed by atoms with Crippen molar-refractivity contribution in [2.45, 2.75) is 32.3 Å². The molecular weight excluding hydrogens is 288 g/mol. The van der Waals surface area contributed by atoms with Crippen LogP contribution in [0.2, 0.25) is 0 Å². The Bertz CT molecular complexity index is 649. The lowest BCUT2D eigenvalue weighted by atomic mass is 10.1. The molecule has 0 radical (unpaired) electrons. The van der Waals surface area contributed by atoms with E-state index in [0.29, 0.717) is 5.56 Å². The van der Waals surface area contributed by atoms with Crippen LogP contribution in [0.5, 0.6) is 5.75 Å². The number of piperidine rings is 1. The van der Waals surface area contributed by atoms with Crippen LogP contribution in [0, 0.1) is 0 Å². The van der Waals surface area contributed by atoms with E-state index in [2.05, 4.69) is 24.0 Å². The van der Waals surface area contributed by atoms with Crippen LogP contribution in [0.4, 0.5) is 0 Å². The van der Waals surface area contributed by atoms with E-state index in [9.17, 15) is 4.79 Å². The number of likely N-dealkylation sites (tertiary alicyclic amines) is 1. The zero-order valence-corrected chi connectivity index (χ0v) is 13.4. The number of nitrogens with zero attached hydrogens (tertiary/aromatic N) is 2. The molecule has 4 heteroatoms. The summed E-state index contributed by atoms with van der Waals surface area (Å²) in [6.45, 7) is 3.61. The molecule has 0 unspecified atom stereocenters. The predicted octanol–water partition coefficient (Wildman–Crippen LogP) is 3.33. The standard InChI is InChI=1S/C19H22N2O2/c1-2-15-4-3-5-18(14-15)23-17-8-12-21(13-9-17)19(22)16-6-10-20-11-7-16/h3-7,10-11,14,17H,2,8-9,12-13H2,1H3. The summed E-state index contributed by atoms with van der Waals surface area (Å²) in [6, 6.07) is 11.8. The molecule has 1 amide bonds. The molecule has 0 aliphatic carbocycles. The second kappa shape index (κ2) is 7.27. The van der Waals surface area contributed by atoms with Gasteiger partial charge in [0.15, 0.2) is 0 Å². The normalized spacial score (nSPS) is 15.4. The van der Waals surface area contributed by atoms with Crippen molar-refractivity contribution in [3.05, 3.63) is 59.9 Å². The van der Waals surface area contributed by atoms with Crippen molar-refractivity contribution in [2.24, 2.45) is 0 Å². The highest BCUT2D eigenvalue weighted by Crippen LogP contribution is 2.21. The SMILES string of the molecule is CCc1cccc(OC2CCN(C(=O)c3ccncc3)CC2)c1. The fourth-order valence-corrected chi connectivity index (χ4v) is 2.88. The number of carbonyl (C=O) groups is 1. The molecule has 0 spiro atoms. The average molecular weight is 310 g/mol. The second-order valence-corrected chi connectivity index (χ2v) is 5.85. The van der Waals surface area contributed by atoms with E-state index in [4.69, 9.17) is 4.74 Å². The molecular formula is C19H22N2O2. The maximum absolute atomic E-state index is 12.4. The van der Waals surface area contributed by atoms with Gasteiger partial charge in [-0.3, -0.25) is 9.78 Å². The molecule has 0 N–H and O–H groups in total. The molecule has 3 rings (SSSR count). The van der Waals surface area contributed by atoms with Crippen molar-refractivity contribution < 1.29 is 9.53 Å². The third-order valence-corrected chi connectivity index (χ3v) is 4.27. The van der Waals surface area contributed by atoms with Crippen LogP contribution >= 0.6 is 0 Å². The van der Waals surface area contributed by atoms with Crippen LogP contribution in [-0.2, 0) is 6.42 Å². The summed E-state index contributed by atoms with van der Waals surface area (Å²) in [6.07, 6.45) is 6.24. The molecule has 4 nitrogen and oxygen atoms in total. The van der Waals surface area contributed by atoms with Crippen molar-refractivity contribution in [3.63, 3.8) is 0 Å². The van der Waals surface area contributed by atoms with Gasteiger partial charge < -0.3 is 9.64 Å². The first-order valence-electron chi connectivity index (χ1n) is 8.21. The minimum Gasteiger partial charge on any atom is -0.490 e. The maximum atomic E-state index is 12.4. The third kappa shape index (κ3) is 3.89. The van der Waals surface area contributed by atoms with Gasteiger partial charge in [-0.1, -0.05) is 19.1 Å². The number of amides is 1. The topological polar surface area (TPSA) is 42.4 Å².